The molecule has 0 rings (SSSR count). The Kier molecular flexibility index (Phi) is 6.99. The molecule has 4 heteroatoms. The first kappa shape index (κ1) is 12.9. The van der Waals surface area contributed by atoms with Gasteiger partial charge < -0.3 is 15.6 Å². The topological polar surface area (TPSA) is 72.5 Å². The lowest BCUT2D eigenvalue weighted by Gasteiger charge is -2.13. The summed E-state index contributed by atoms with van der Waals surface area (Å²) < 4.78 is 3.67. The summed E-state index contributed by atoms with van der Waals surface area (Å²) in [7, 11) is 1.10. The summed E-state index contributed by atoms with van der Waals surface area (Å²) >= 11 is 0. The van der Waals surface area contributed by atoms with Crippen LogP contribution in [0.5, 0.6) is 0 Å². The molecule has 4 nitrogen and oxygen atoms in total. The number of methoxy groups -OCH3 is 1. The molecule has 0 aromatic heterocycles. The maximum atomic E-state index is 9.15. The molecule has 0 aliphatic carbocycles. The van der Waals surface area contributed by atoms with Gasteiger partial charge in [-0.3, -0.25) is 0 Å². The van der Waals surface area contributed by atoms with E-state index in [1.54, 1.807) is 0 Å². The van der Waals surface area contributed by atoms with Gasteiger partial charge >= 0.3 is 6.16 Å². The number of carboxylic acid groups (broad SMARTS) is 1. The van der Waals surface area contributed by atoms with Crippen molar-refractivity contribution < 1.29 is 14.6 Å². The Balaban J connectivity index is 0. The minimum atomic E-state index is -1.25. The largest absolute Gasteiger partial charge is 0.505 e. The van der Waals surface area contributed by atoms with E-state index in [1.807, 2.05) is 13.8 Å². The standard InChI is InChI=1S/C5H13N.C2H4O3/c1-4-5(2,3)6;1-5-2(3)4/h4,6H2,1-3H3;1H3,(H,3,4). The average Bonchev–Trinajstić information content (AvgIpc) is 1.88. The molecule has 11 heavy (non-hydrogen) atoms. The van der Waals surface area contributed by atoms with Crippen molar-refractivity contribution in [3.05, 3.63) is 0 Å². The maximum Gasteiger partial charge on any atom is 0.505 e. The van der Waals surface area contributed by atoms with Crippen LogP contribution in [0.25, 0.3) is 0 Å². The maximum absolute atomic E-state index is 9.15. The van der Waals surface area contributed by atoms with Crippen molar-refractivity contribution in [2.24, 2.45) is 5.73 Å². The molecule has 0 aliphatic rings. The third-order valence-electron chi connectivity index (χ3n) is 1.09. The predicted molar refractivity (Wildman–Crippen MR) is 43.6 cm³/mol. The molecule has 0 saturated heterocycles. The van der Waals surface area contributed by atoms with Gasteiger partial charge in [-0.25, -0.2) is 4.79 Å². The molecule has 0 radical (unpaired) electrons. The average molecular weight is 163 g/mol. The number of hydrogen-bond donors (Lipinski definition) is 2. The number of nitrogens with two attached hydrogens (primary N) is 1. The van der Waals surface area contributed by atoms with Gasteiger partial charge in [0.25, 0.3) is 0 Å². The van der Waals surface area contributed by atoms with Crippen molar-refractivity contribution in [3.8, 4) is 0 Å². The van der Waals surface area contributed by atoms with E-state index < -0.39 is 6.16 Å². The molecule has 0 amide bonds. The summed E-state index contributed by atoms with van der Waals surface area (Å²) in [6, 6.07) is 0. The predicted octanol–water partition coefficient (Wildman–Crippen LogP) is 1.44. The third-order valence-corrected chi connectivity index (χ3v) is 1.09. The summed E-state index contributed by atoms with van der Waals surface area (Å²) in [5.41, 5.74) is 5.58. The highest BCUT2D eigenvalue weighted by atomic mass is 16.6. The molecule has 0 heterocycles. The Morgan fingerprint density at radius 2 is 1.82 bits per heavy atom. The van der Waals surface area contributed by atoms with Gasteiger partial charge in [0.15, 0.2) is 0 Å². The van der Waals surface area contributed by atoms with Crippen LogP contribution >= 0.6 is 0 Å². The third kappa shape index (κ3) is 27.0. The van der Waals surface area contributed by atoms with Crippen molar-refractivity contribution in [1.29, 1.82) is 0 Å². The molecule has 0 aromatic carbocycles. The lowest BCUT2D eigenvalue weighted by molar-refractivity contribution is 0.114. The van der Waals surface area contributed by atoms with E-state index in [1.165, 1.54) is 0 Å². The van der Waals surface area contributed by atoms with Crippen molar-refractivity contribution in [2.75, 3.05) is 7.11 Å². The van der Waals surface area contributed by atoms with E-state index in [0.717, 1.165) is 13.5 Å². The highest BCUT2D eigenvalue weighted by Gasteiger charge is 2.03. The monoisotopic (exact) mass is 163 g/mol. The van der Waals surface area contributed by atoms with Crippen LogP contribution in [-0.4, -0.2) is 23.9 Å². The number of hydrogen-bond acceptors (Lipinski definition) is 3. The van der Waals surface area contributed by atoms with Crippen molar-refractivity contribution in [2.45, 2.75) is 32.7 Å². The van der Waals surface area contributed by atoms with Crippen LogP contribution in [0.2, 0.25) is 0 Å². The molecule has 68 valence electrons. The first-order valence-electron chi connectivity index (χ1n) is 3.39. The minimum Gasteiger partial charge on any atom is -0.450 e. The van der Waals surface area contributed by atoms with Gasteiger partial charge in [0.2, 0.25) is 0 Å². The van der Waals surface area contributed by atoms with E-state index in [-0.39, 0.29) is 5.54 Å². The second-order valence-corrected chi connectivity index (χ2v) is 2.81. The molecule has 0 fully saturated rings. The Bertz CT molecular complexity index is 107. The second kappa shape index (κ2) is 5.97. The molecule has 0 spiro atoms. The lowest BCUT2D eigenvalue weighted by Crippen LogP contribution is -2.30. The Morgan fingerprint density at radius 3 is 1.82 bits per heavy atom. The fraction of sp³-hybridized carbons (Fsp3) is 0.857. The van der Waals surface area contributed by atoms with Crippen LogP contribution in [0.3, 0.4) is 0 Å². The van der Waals surface area contributed by atoms with E-state index >= 15 is 0 Å². The summed E-state index contributed by atoms with van der Waals surface area (Å²) in [4.78, 5) is 9.15. The molecular weight excluding hydrogens is 146 g/mol. The quantitative estimate of drug-likeness (QED) is 0.574. The Hall–Kier alpha value is -0.770. The van der Waals surface area contributed by atoms with E-state index in [2.05, 4.69) is 11.7 Å². The van der Waals surface area contributed by atoms with Crippen molar-refractivity contribution in [1.82, 2.24) is 0 Å². The van der Waals surface area contributed by atoms with Gasteiger partial charge in [-0.05, 0) is 20.3 Å². The summed E-state index contributed by atoms with van der Waals surface area (Å²) in [5.74, 6) is 0. The second-order valence-electron chi connectivity index (χ2n) is 2.81. The normalized spacial score (nSPS) is 9.55. The highest BCUT2D eigenvalue weighted by Crippen LogP contribution is 1.99. The SMILES string of the molecule is CCC(C)(C)N.COC(=O)O. The first-order chi connectivity index (χ1) is 4.83. The van der Waals surface area contributed by atoms with Gasteiger partial charge in [-0.2, -0.15) is 0 Å². The van der Waals surface area contributed by atoms with Crippen LogP contribution in [0.15, 0.2) is 0 Å². The van der Waals surface area contributed by atoms with Crippen LogP contribution in [0.4, 0.5) is 4.79 Å². The van der Waals surface area contributed by atoms with Crippen molar-refractivity contribution >= 4 is 6.16 Å². The molecule has 0 saturated carbocycles. The fourth-order valence-corrected chi connectivity index (χ4v) is 0. The zero-order valence-electron chi connectivity index (χ0n) is 7.55. The van der Waals surface area contributed by atoms with Crippen LogP contribution in [0.1, 0.15) is 27.2 Å². The smallest absolute Gasteiger partial charge is 0.450 e. The van der Waals surface area contributed by atoms with Gasteiger partial charge in [-0.1, -0.05) is 6.92 Å². The first-order valence-corrected chi connectivity index (χ1v) is 3.39. The van der Waals surface area contributed by atoms with E-state index in [9.17, 15) is 0 Å². The Morgan fingerprint density at radius 1 is 1.64 bits per heavy atom. The van der Waals surface area contributed by atoms with Gasteiger partial charge in [0, 0.05) is 5.54 Å². The zero-order chi connectivity index (χ0) is 9.49. The minimum absolute atomic E-state index is 0.0417. The fourth-order valence-electron chi connectivity index (χ4n) is 0. The van der Waals surface area contributed by atoms with Gasteiger partial charge in [0.1, 0.15) is 0 Å². The summed E-state index contributed by atoms with van der Waals surface area (Å²) in [6.45, 7) is 6.12. The number of rotatable bonds is 1. The molecule has 0 atom stereocenters. The number of ether oxygens (including phenoxy) is 1. The molecular formula is C7H17NO3. The highest BCUT2D eigenvalue weighted by molar-refractivity contribution is 5.56. The molecule has 0 unspecified atom stereocenters. The Labute approximate surface area is 67.3 Å². The van der Waals surface area contributed by atoms with Crippen LogP contribution in [0, 0.1) is 0 Å². The van der Waals surface area contributed by atoms with E-state index in [0.29, 0.717) is 0 Å². The molecule has 0 bridgehead atoms. The lowest BCUT2D eigenvalue weighted by atomic mass is 10.1. The molecule has 0 aliphatic heterocycles. The van der Waals surface area contributed by atoms with Crippen LogP contribution < -0.4 is 5.73 Å². The zero-order valence-corrected chi connectivity index (χ0v) is 7.55. The molecule has 0 aromatic rings. The van der Waals surface area contributed by atoms with E-state index in [4.69, 9.17) is 15.6 Å². The van der Waals surface area contributed by atoms with Crippen LogP contribution in [-0.2, 0) is 4.74 Å². The van der Waals surface area contributed by atoms with Gasteiger partial charge in [0.05, 0.1) is 7.11 Å². The number of carbonyl (C=O) groups is 1. The summed E-state index contributed by atoms with van der Waals surface area (Å²) in [6.07, 6.45) is -0.197. The molecule has 3 N–H and O–H groups in total. The van der Waals surface area contributed by atoms with Gasteiger partial charge in [-0.15, -0.1) is 0 Å². The van der Waals surface area contributed by atoms with Crippen molar-refractivity contribution in [3.63, 3.8) is 0 Å². The summed E-state index contributed by atoms with van der Waals surface area (Å²) in [5, 5.41) is 7.50.